The van der Waals surface area contributed by atoms with E-state index in [1.54, 1.807) is 19.4 Å². The molecule has 0 spiro atoms. The molecule has 6 nitrogen and oxygen atoms in total. The summed E-state index contributed by atoms with van der Waals surface area (Å²) in [5, 5.41) is 9.41. The molecule has 0 amide bonds. The van der Waals surface area contributed by atoms with Crippen molar-refractivity contribution in [2.75, 3.05) is 25.7 Å². The fourth-order valence-corrected chi connectivity index (χ4v) is 4.08. The minimum atomic E-state index is -0.906. The van der Waals surface area contributed by atoms with Crippen molar-refractivity contribution >= 4 is 17.3 Å². The number of pyridine rings is 1. The minimum Gasteiger partial charge on any atom is -0.497 e. The van der Waals surface area contributed by atoms with Gasteiger partial charge in [0.2, 0.25) is 0 Å². The van der Waals surface area contributed by atoms with Crippen LogP contribution in [0.2, 0.25) is 0 Å². The second kappa shape index (κ2) is 9.08. The number of rotatable bonds is 7. The summed E-state index contributed by atoms with van der Waals surface area (Å²) in [4.78, 5) is 17.7. The lowest BCUT2D eigenvalue weighted by Gasteiger charge is -2.28. The lowest BCUT2D eigenvalue weighted by Crippen LogP contribution is -2.17. The average molecular weight is 418 g/mol. The third-order valence-electron chi connectivity index (χ3n) is 5.90. The van der Waals surface area contributed by atoms with Crippen LogP contribution in [-0.2, 0) is 6.42 Å². The number of fused-ring (bicyclic) bond motifs is 1. The third-order valence-corrected chi connectivity index (χ3v) is 5.90. The van der Waals surface area contributed by atoms with Crippen LogP contribution in [0.5, 0.6) is 11.5 Å². The summed E-state index contributed by atoms with van der Waals surface area (Å²) in [6, 6.07) is 15.8. The van der Waals surface area contributed by atoms with E-state index in [2.05, 4.69) is 28.1 Å². The van der Waals surface area contributed by atoms with Gasteiger partial charge in [0.05, 0.1) is 19.3 Å². The molecule has 4 rings (SSSR count). The fraction of sp³-hybridized carbons (Fsp3) is 0.280. The molecule has 1 aliphatic rings. The van der Waals surface area contributed by atoms with Crippen LogP contribution in [0.25, 0.3) is 0 Å². The molecule has 3 aromatic rings. The van der Waals surface area contributed by atoms with Crippen LogP contribution < -0.4 is 14.4 Å². The molecule has 0 bridgehead atoms. The quantitative estimate of drug-likeness (QED) is 0.579. The molecule has 31 heavy (non-hydrogen) atoms. The number of carboxylic acid groups (broad SMARTS) is 1. The Morgan fingerprint density at radius 3 is 2.71 bits per heavy atom. The standard InChI is InChI=1S/C25H26N2O4/c1-27(19-5-8-21(30-2)9-6-19)20-7-10-22-17(12-14-31-24(22)15-20)3-4-18-16-26-13-11-23(18)25(28)29/h5-11,13,15-17H,3-4,12,14H2,1-2H3,(H,28,29)/t17-/m1/s1. The summed E-state index contributed by atoms with van der Waals surface area (Å²) >= 11 is 0. The van der Waals surface area contributed by atoms with E-state index in [0.29, 0.717) is 24.5 Å². The summed E-state index contributed by atoms with van der Waals surface area (Å²) in [7, 11) is 3.69. The molecular weight excluding hydrogens is 392 g/mol. The highest BCUT2D eigenvalue weighted by Crippen LogP contribution is 2.39. The summed E-state index contributed by atoms with van der Waals surface area (Å²) in [5.41, 5.74) is 4.40. The Labute approximate surface area is 182 Å². The van der Waals surface area contributed by atoms with Crippen molar-refractivity contribution in [3.8, 4) is 11.5 Å². The number of aromatic carboxylic acids is 1. The first-order valence-corrected chi connectivity index (χ1v) is 10.4. The number of hydrogen-bond acceptors (Lipinski definition) is 5. The van der Waals surface area contributed by atoms with Crippen molar-refractivity contribution in [1.82, 2.24) is 4.98 Å². The number of hydrogen-bond donors (Lipinski definition) is 1. The maximum Gasteiger partial charge on any atom is 0.336 e. The predicted octanol–water partition coefficient (Wildman–Crippen LogP) is 5.06. The van der Waals surface area contributed by atoms with Crippen LogP contribution >= 0.6 is 0 Å². The number of aromatic nitrogens is 1. The largest absolute Gasteiger partial charge is 0.497 e. The van der Waals surface area contributed by atoms with Crippen LogP contribution in [0.3, 0.4) is 0 Å². The summed E-state index contributed by atoms with van der Waals surface area (Å²) in [6.07, 6.45) is 5.64. The van der Waals surface area contributed by atoms with Crippen molar-refractivity contribution in [1.29, 1.82) is 0 Å². The van der Waals surface area contributed by atoms with E-state index in [1.165, 1.54) is 11.8 Å². The first kappa shape index (κ1) is 20.7. The van der Waals surface area contributed by atoms with Gasteiger partial charge in [0.25, 0.3) is 0 Å². The Morgan fingerprint density at radius 1 is 1.19 bits per heavy atom. The van der Waals surface area contributed by atoms with Crippen LogP contribution in [-0.4, -0.2) is 36.8 Å². The number of methoxy groups -OCH3 is 1. The summed E-state index contributed by atoms with van der Waals surface area (Å²) < 4.78 is 11.2. The van der Waals surface area contributed by atoms with Gasteiger partial charge >= 0.3 is 5.97 Å². The maximum absolute atomic E-state index is 11.5. The number of anilines is 2. The smallest absolute Gasteiger partial charge is 0.336 e. The molecule has 1 N–H and O–H groups in total. The van der Waals surface area contributed by atoms with Gasteiger partial charge in [-0.15, -0.1) is 0 Å². The Hall–Kier alpha value is -3.54. The van der Waals surface area contributed by atoms with E-state index in [0.717, 1.165) is 41.3 Å². The van der Waals surface area contributed by atoms with E-state index in [9.17, 15) is 9.90 Å². The Morgan fingerprint density at radius 2 is 1.97 bits per heavy atom. The molecule has 6 heteroatoms. The van der Waals surface area contributed by atoms with Crippen molar-refractivity contribution in [2.24, 2.45) is 0 Å². The van der Waals surface area contributed by atoms with Crippen molar-refractivity contribution in [2.45, 2.75) is 25.2 Å². The monoisotopic (exact) mass is 418 g/mol. The maximum atomic E-state index is 11.5. The highest BCUT2D eigenvalue weighted by Gasteiger charge is 2.23. The number of carbonyl (C=O) groups is 1. The molecule has 1 aliphatic heterocycles. The molecule has 0 saturated heterocycles. The number of aryl methyl sites for hydroxylation is 1. The van der Waals surface area contributed by atoms with E-state index in [1.807, 2.05) is 31.3 Å². The van der Waals surface area contributed by atoms with E-state index in [4.69, 9.17) is 9.47 Å². The van der Waals surface area contributed by atoms with Gasteiger partial charge in [0.1, 0.15) is 11.5 Å². The van der Waals surface area contributed by atoms with Crippen molar-refractivity contribution in [3.05, 3.63) is 77.6 Å². The zero-order valence-corrected chi connectivity index (χ0v) is 17.7. The highest BCUT2D eigenvalue weighted by molar-refractivity contribution is 5.89. The zero-order chi connectivity index (χ0) is 21.8. The molecule has 0 fully saturated rings. The lowest BCUT2D eigenvalue weighted by molar-refractivity contribution is 0.0695. The van der Waals surface area contributed by atoms with Gasteiger partial charge < -0.3 is 19.5 Å². The van der Waals surface area contributed by atoms with Crippen molar-refractivity contribution in [3.63, 3.8) is 0 Å². The van der Waals surface area contributed by atoms with Crippen LogP contribution in [0.1, 0.15) is 40.2 Å². The van der Waals surface area contributed by atoms with Crippen LogP contribution in [0.15, 0.2) is 60.9 Å². The molecule has 1 atom stereocenters. The number of benzene rings is 2. The second-order valence-electron chi connectivity index (χ2n) is 7.69. The molecule has 2 aromatic carbocycles. The van der Waals surface area contributed by atoms with Gasteiger partial charge in [-0.05, 0) is 72.7 Å². The van der Waals surface area contributed by atoms with Gasteiger partial charge in [-0.25, -0.2) is 4.79 Å². The first-order chi connectivity index (χ1) is 15.1. The number of nitrogens with zero attached hydrogens (tertiary/aromatic N) is 2. The second-order valence-corrected chi connectivity index (χ2v) is 7.69. The van der Waals surface area contributed by atoms with E-state index >= 15 is 0 Å². The third kappa shape index (κ3) is 4.48. The molecule has 1 aromatic heterocycles. The fourth-order valence-electron chi connectivity index (χ4n) is 4.08. The topological polar surface area (TPSA) is 71.9 Å². The molecular formula is C25H26N2O4. The number of carboxylic acids is 1. The van der Waals surface area contributed by atoms with Gasteiger partial charge in [0.15, 0.2) is 0 Å². The summed E-state index contributed by atoms with van der Waals surface area (Å²) in [5.74, 6) is 1.15. The van der Waals surface area contributed by atoms with E-state index < -0.39 is 5.97 Å². The predicted molar refractivity (Wildman–Crippen MR) is 120 cm³/mol. The Balaban J connectivity index is 1.51. The summed E-state index contributed by atoms with van der Waals surface area (Å²) in [6.45, 7) is 0.659. The van der Waals surface area contributed by atoms with Crippen molar-refractivity contribution < 1.29 is 19.4 Å². The highest BCUT2D eigenvalue weighted by atomic mass is 16.5. The SMILES string of the molecule is COc1ccc(N(C)c2ccc3c(c2)OCC[C@H]3CCc2cnccc2C(=O)O)cc1. The first-order valence-electron chi connectivity index (χ1n) is 10.4. The lowest BCUT2D eigenvalue weighted by atomic mass is 9.87. The van der Waals surface area contributed by atoms with Crippen LogP contribution in [0, 0.1) is 0 Å². The molecule has 0 unspecified atom stereocenters. The molecule has 0 radical (unpaired) electrons. The minimum absolute atomic E-state index is 0.325. The van der Waals surface area contributed by atoms with Gasteiger partial charge in [0, 0.05) is 36.9 Å². The van der Waals surface area contributed by atoms with E-state index in [-0.39, 0.29) is 0 Å². The van der Waals surface area contributed by atoms with Crippen LogP contribution in [0.4, 0.5) is 11.4 Å². The Kier molecular flexibility index (Phi) is 6.07. The zero-order valence-electron chi connectivity index (χ0n) is 17.7. The molecule has 160 valence electrons. The number of ether oxygens (including phenoxy) is 2. The van der Waals surface area contributed by atoms with Gasteiger partial charge in [-0.3, -0.25) is 4.98 Å². The molecule has 0 aliphatic carbocycles. The molecule has 2 heterocycles. The average Bonchev–Trinajstić information content (AvgIpc) is 2.82. The van der Waals surface area contributed by atoms with Gasteiger partial charge in [-0.1, -0.05) is 6.07 Å². The molecule has 0 saturated carbocycles. The normalized spacial score (nSPS) is 15.0. The van der Waals surface area contributed by atoms with Gasteiger partial charge in [-0.2, -0.15) is 0 Å². The Bertz CT molecular complexity index is 1070.